The summed E-state index contributed by atoms with van der Waals surface area (Å²) in [4.78, 5) is 10.5. The molecule has 1 aliphatic heterocycles. The Bertz CT molecular complexity index is 825. The van der Waals surface area contributed by atoms with Crippen LogP contribution in [0.4, 0.5) is 5.82 Å². The Hall–Kier alpha value is -1.48. The van der Waals surface area contributed by atoms with Gasteiger partial charge in [-0.2, -0.15) is 4.31 Å². The highest BCUT2D eigenvalue weighted by Crippen LogP contribution is 2.33. The van der Waals surface area contributed by atoms with E-state index in [1.807, 2.05) is 13.1 Å². The number of anilines is 1. The molecule has 8 heteroatoms. The first-order valence-corrected chi connectivity index (χ1v) is 11.3. The van der Waals surface area contributed by atoms with Gasteiger partial charge in [0.15, 0.2) is 0 Å². The lowest BCUT2D eigenvalue weighted by atomic mass is 10.3. The monoisotopic (exact) mass is 392 g/mol. The third-order valence-electron chi connectivity index (χ3n) is 5.01. The minimum absolute atomic E-state index is 0.290. The summed E-state index contributed by atoms with van der Waals surface area (Å²) < 4.78 is 27.2. The maximum absolute atomic E-state index is 12.8. The molecule has 0 unspecified atom stereocenters. The second-order valence-electron chi connectivity index (χ2n) is 7.00. The summed E-state index contributed by atoms with van der Waals surface area (Å²) in [5, 5.41) is 2.08. The summed E-state index contributed by atoms with van der Waals surface area (Å²) in [5.41, 5.74) is 0. The normalized spacial score (nSPS) is 19.6. The van der Waals surface area contributed by atoms with E-state index in [1.165, 1.54) is 23.9 Å². The number of piperazine rings is 1. The Morgan fingerprint density at radius 3 is 2.54 bits per heavy atom. The van der Waals surface area contributed by atoms with Crippen LogP contribution >= 0.6 is 11.3 Å². The molecule has 2 fully saturated rings. The molecule has 2 aliphatic rings. The summed E-state index contributed by atoms with van der Waals surface area (Å²) in [6, 6.07) is 8.27. The fourth-order valence-electron chi connectivity index (χ4n) is 3.23. The predicted molar refractivity (Wildman–Crippen MR) is 104 cm³/mol. The van der Waals surface area contributed by atoms with E-state index in [1.54, 1.807) is 21.7 Å². The van der Waals surface area contributed by atoms with Crippen LogP contribution in [0.1, 0.15) is 17.7 Å². The molecule has 1 saturated carbocycles. The lowest BCUT2D eigenvalue weighted by Crippen LogP contribution is -2.47. The quantitative estimate of drug-likeness (QED) is 0.755. The summed E-state index contributed by atoms with van der Waals surface area (Å²) in [6.07, 6.45) is 3.87. The van der Waals surface area contributed by atoms with E-state index in [0.29, 0.717) is 19.1 Å². The van der Waals surface area contributed by atoms with Gasteiger partial charge in [0.25, 0.3) is 0 Å². The molecule has 0 bridgehead atoms. The van der Waals surface area contributed by atoms with Gasteiger partial charge in [0, 0.05) is 43.3 Å². The smallest absolute Gasteiger partial charge is 0.244 e. The third kappa shape index (κ3) is 3.78. The Balaban J connectivity index is 1.52. The van der Waals surface area contributed by atoms with E-state index in [9.17, 15) is 8.42 Å². The zero-order valence-corrected chi connectivity index (χ0v) is 16.5. The van der Waals surface area contributed by atoms with E-state index >= 15 is 0 Å². The maximum Gasteiger partial charge on any atom is 0.244 e. The van der Waals surface area contributed by atoms with Crippen LogP contribution in [-0.4, -0.2) is 61.9 Å². The molecule has 140 valence electrons. The van der Waals surface area contributed by atoms with Gasteiger partial charge in [0.1, 0.15) is 10.7 Å². The summed E-state index contributed by atoms with van der Waals surface area (Å²) >= 11 is 1.74. The highest BCUT2D eigenvalue weighted by atomic mass is 32.2. The number of hydrogen-bond donors (Lipinski definition) is 0. The van der Waals surface area contributed by atoms with Crippen molar-refractivity contribution in [1.82, 2.24) is 14.2 Å². The lowest BCUT2D eigenvalue weighted by molar-refractivity contribution is 0.222. The van der Waals surface area contributed by atoms with Gasteiger partial charge < -0.3 is 9.80 Å². The minimum atomic E-state index is -3.45. The molecule has 6 nitrogen and oxygen atoms in total. The average Bonchev–Trinajstić information content (AvgIpc) is 3.36. The molecule has 4 rings (SSSR count). The van der Waals surface area contributed by atoms with Gasteiger partial charge >= 0.3 is 0 Å². The first kappa shape index (κ1) is 17.9. The summed E-state index contributed by atoms with van der Waals surface area (Å²) in [7, 11) is -1.44. The Labute approximate surface area is 159 Å². The Kier molecular flexibility index (Phi) is 5.00. The number of thiophene rings is 1. The van der Waals surface area contributed by atoms with Gasteiger partial charge in [-0.3, -0.25) is 0 Å². The fraction of sp³-hybridized carbons (Fsp3) is 0.500. The molecule has 0 atom stereocenters. The third-order valence-corrected chi connectivity index (χ3v) is 7.75. The van der Waals surface area contributed by atoms with Gasteiger partial charge in [0.2, 0.25) is 10.0 Å². The van der Waals surface area contributed by atoms with Gasteiger partial charge in [-0.15, -0.1) is 11.3 Å². The fourth-order valence-corrected chi connectivity index (χ4v) is 5.30. The summed E-state index contributed by atoms with van der Waals surface area (Å²) in [5.74, 6) is 0.859. The van der Waals surface area contributed by atoms with E-state index in [4.69, 9.17) is 0 Å². The molecule has 1 aliphatic carbocycles. The standard InChI is InChI=1S/C18H24N4O2S2/c1-20-8-10-21(11-9-20)26(23,24)17-6-7-18(19-13-17)22(15-4-5-15)14-16-3-2-12-25-16/h2-3,6-7,12-13,15H,4-5,8-11,14H2,1H3. The maximum atomic E-state index is 12.8. The van der Waals surface area contributed by atoms with Gasteiger partial charge in [-0.05, 0) is 43.5 Å². The van der Waals surface area contributed by atoms with Crippen LogP contribution in [0.2, 0.25) is 0 Å². The van der Waals surface area contributed by atoms with Crippen LogP contribution in [0.25, 0.3) is 0 Å². The summed E-state index contributed by atoms with van der Waals surface area (Å²) in [6.45, 7) is 3.43. The molecule has 0 spiro atoms. The average molecular weight is 393 g/mol. The van der Waals surface area contributed by atoms with E-state index < -0.39 is 10.0 Å². The Morgan fingerprint density at radius 2 is 1.96 bits per heavy atom. The van der Waals surface area contributed by atoms with Crippen molar-refractivity contribution in [3.8, 4) is 0 Å². The first-order chi connectivity index (χ1) is 12.5. The number of sulfonamides is 1. The second kappa shape index (κ2) is 7.26. The van der Waals surface area contributed by atoms with E-state index in [2.05, 4.69) is 32.3 Å². The SMILES string of the molecule is CN1CCN(S(=O)(=O)c2ccc(N(Cc3cccs3)C3CC3)nc2)CC1. The van der Waals surface area contributed by atoms with Crippen LogP contribution < -0.4 is 4.90 Å². The van der Waals surface area contributed by atoms with Crippen molar-refractivity contribution in [3.63, 3.8) is 0 Å². The minimum Gasteiger partial charge on any atom is -0.348 e. The van der Waals surface area contributed by atoms with Crippen molar-refractivity contribution in [2.45, 2.75) is 30.3 Å². The largest absolute Gasteiger partial charge is 0.348 e. The first-order valence-electron chi connectivity index (χ1n) is 8.98. The van der Waals surface area contributed by atoms with Crippen LogP contribution in [0.3, 0.4) is 0 Å². The van der Waals surface area contributed by atoms with Crippen LogP contribution in [-0.2, 0) is 16.6 Å². The number of aromatic nitrogens is 1. The van der Waals surface area contributed by atoms with Crippen molar-refractivity contribution in [2.75, 3.05) is 38.1 Å². The highest BCUT2D eigenvalue weighted by Gasteiger charge is 2.31. The van der Waals surface area contributed by atoms with Gasteiger partial charge in [0.05, 0.1) is 6.54 Å². The molecule has 0 N–H and O–H groups in total. The molecular weight excluding hydrogens is 368 g/mol. The molecule has 0 amide bonds. The number of likely N-dealkylation sites (N-methyl/N-ethyl adjacent to an activating group) is 1. The zero-order valence-electron chi connectivity index (χ0n) is 14.9. The number of rotatable bonds is 6. The Morgan fingerprint density at radius 1 is 1.19 bits per heavy atom. The highest BCUT2D eigenvalue weighted by molar-refractivity contribution is 7.89. The lowest BCUT2D eigenvalue weighted by Gasteiger charge is -2.31. The molecule has 2 aromatic rings. The number of hydrogen-bond acceptors (Lipinski definition) is 6. The molecule has 3 heterocycles. The van der Waals surface area contributed by atoms with Crippen LogP contribution in [0, 0.1) is 0 Å². The molecule has 0 radical (unpaired) electrons. The van der Waals surface area contributed by atoms with Crippen molar-refractivity contribution in [2.24, 2.45) is 0 Å². The molecule has 1 saturated heterocycles. The van der Waals surface area contributed by atoms with Crippen molar-refractivity contribution >= 4 is 27.2 Å². The number of nitrogens with zero attached hydrogens (tertiary/aromatic N) is 4. The van der Waals surface area contributed by atoms with Crippen molar-refractivity contribution in [3.05, 3.63) is 40.7 Å². The van der Waals surface area contributed by atoms with Gasteiger partial charge in [-0.25, -0.2) is 13.4 Å². The molecule has 0 aromatic carbocycles. The predicted octanol–water partition coefficient (Wildman–Crippen LogP) is 2.25. The molecule has 26 heavy (non-hydrogen) atoms. The van der Waals surface area contributed by atoms with E-state index in [0.717, 1.165) is 25.5 Å². The van der Waals surface area contributed by atoms with E-state index in [-0.39, 0.29) is 4.90 Å². The molecule has 2 aromatic heterocycles. The zero-order chi connectivity index (χ0) is 18.1. The van der Waals surface area contributed by atoms with Crippen molar-refractivity contribution < 1.29 is 8.42 Å². The van der Waals surface area contributed by atoms with Gasteiger partial charge in [-0.1, -0.05) is 6.07 Å². The van der Waals surface area contributed by atoms with Crippen LogP contribution in [0.15, 0.2) is 40.7 Å². The van der Waals surface area contributed by atoms with Crippen LogP contribution in [0.5, 0.6) is 0 Å². The second-order valence-corrected chi connectivity index (χ2v) is 9.97. The number of pyridine rings is 1. The van der Waals surface area contributed by atoms with Crippen molar-refractivity contribution in [1.29, 1.82) is 0 Å². The topological polar surface area (TPSA) is 56.8 Å². The molecular formula is C18H24N4O2S2.